The Morgan fingerprint density at radius 2 is 2.20 bits per heavy atom. The molecule has 0 aliphatic heterocycles. The zero-order chi connectivity index (χ0) is 11.3. The van der Waals surface area contributed by atoms with Gasteiger partial charge in [-0.25, -0.2) is 0 Å². The average Bonchev–Trinajstić information content (AvgIpc) is 2.19. The molecule has 15 heavy (non-hydrogen) atoms. The van der Waals surface area contributed by atoms with Crippen LogP contribution in [0.3, 0.4) is 0 Å². The molecule has 0 amide bonds. The molecule has 0 heterocycles. The van der Waals surface area contributed by atoms with Gasteiger partial charge in [0, 0.05) is 31.1 Å². The molecule has 1 aromatic rings. The van der Waals surface area contributed by atoms with Crippen molar-refractivity contribution >= 4 is 11.4 Å². The standard InChI is InChI=1S/C12H20N2O/c1-4-14(10(2)9-15-3)12-7-5-6-11(13)8-12/h5-8,10H,4,9,13H2,1-3H3. The molecule has 0 saturated heterocycles. The quantitative estimate of drug-likeness (QED) is 0.753. The summed E-state index contributed by atoms with van der Waals surface area (Å²) in [4.78, 5) is 2.28. The summed E-state index contributed by atoms with van der Waals surface area (Å²) in [7, 11) is 1.73. The van der Waals surface area contributed by atoms with Crippen molar-refractivity contribution in [2.24, 2.45) is 0 Å². The van der Waals surface area contributed by atoms with Gasteiger partial charge in [0.1, 0.15) is 0 Å². The van der Waals surface area contributed by atoms with Crippen molar-refractivity contribution in [1.82, 2.24) is 0 Å². The molecule has 1 atom stereocenters. The molecular weight excluding hydrogens is 188 g/mol. The highest BCUT2D eigenvalue weighted by Crippen LogP contribution is 2.19. The maximum Gasteiger partial charge on any atom is 0.0663 e. The number of anilines is 2. The van der Waals surface area contributed by atoms with Crippen LogP contribution < -0.4 is 10.6 Å². The Hall–Kier alpha value is -1.22. The summed E-state index contributed by atoms with van der Waals surface area (Å²) in [5, 5.41) is 0. The number of hydrogen-bond acceptors (Lipinski definition) is 3. The Morgan fingerprint density at radius 3 is 2.73 bits per heavy atom. The Morgan fingerprint density at radius 1 is 1.47 bits per heavy atom. The van der Waals surface area contributed by atoms with E-state index in [2.05, 4.69) is 24.8 Å². The second-order valence-electron chi connectivity index (χ2n) is 3.69. The van der Waals surface area contributed by atoms with Gasteiger partial charge in [0.25, 0.3) is 0 Å². The van der Waals surface area contributed by atoms with E-state index in [-0.39, 0.29) is 0 Å². The summed E-state index contributed by atoms with van der Waals surface area (Å²) in [6.45, 7) is 5.96. The van der Waals surface area contributed by atoms with Gasteiger partial charge in [-0.2, -0.15) is 0 Å². The smallest absolute Gasteiger partial charge is 0.0663 e. The second kappa shape index (κ2) is 5.61. The van der Waals surface area contributed by atoms with Crippen LogP contribution in [0.25, 0.3) is 0 Å². The van der Waals surface area contributed by atoms with E-state index in [0.29, 0.717) is 6.04 Å². The lowest BCUT2D eigenvalue weighted by molar-refractivity contribution is 0.182. The summed E-state index contributed by atoms with van der Waals surface area (Å²) in [5.41, 5.74) is 7.72. The Kier molecular flexibility index (Phi) is 4.43. The molecule has 84 valence electrons. The van der Waals surface area contributed by atoms with E-state index in [4.69, 9.17) is 10.5 Å². The minimum absolute atomic E-state index is 0.363. The number of benzene rings is 1. The fourth-order valence-corrected chi connectivity index (χ4v) is 1.78. The van der Waals surface area contributed by atoms with Crippen LogP contribution in [0.2, 0.25) is 0 Å². The van der Waals surface area contributed by atoms with Crippen molar-refractivity contribution in [3.05, 3.63) is 24.3 Å². The van der Waals surface area contributed by atoms with Crippen LogP contribution in [0.15, 0.2) is 24.3 Å². The number of nitrogens with zero attached hydrogens (tertiary/aromatic N) is 1. The fourth-order valence-electron chi connectivity index (χ4n) is 1.78. The van der Waals surface area contributed by atoms with Crippen LogP contribution in [0.4, 0.5) is 11.4 Å². The van der Waals surface area contributed by atoms with E-state index < -0.39 is 0 Å². The van der Waals surface area contributed by atoms with Gasteiger partial charge in [0.05, 0.1) is 6.61 Å². The van der Waals surface area contributed by atoms with Gasteiger partial charge in [-0.15, -0.1) is 0 Å². The Balaban J connectivity index is 2.82. The molecule has 1 rings (SSSR count). The van der Waals surface area contributed by atoms with E-state index in [1.165, 1.54) is 0 Å². The number of nitrogen functional groups attached to an aromatic ring is 1. The van der Waals surface area contributed by atoms with Crippen LogP contribution in [0.5, 0.6) is 0 Å². The predicted molar refractivity (Wildman–Crippen MR) is 65.2 cm³/mol. The van der Waals surface area contributed by atoms with Crippen LogP contribution in [-0.2, 0) is 4.74 Å². The van der Waals surface area contributed by atoms with E-state index in [1.807, 2.05) is 18.2 Å². The maximum atomic E-state index is 5.77. The summed E-state index contributed by atoms with van der Waals surface area (Å²) in [5.74, 6) is 0. The molecule has 3 heteroatoms. The zero-order valence-corrected chi connectivity index (χ0v) is 9.73. The second-order valence-corrected chi connectivity index (χ2v) is 3.69. The fraction of sp³-hybridized carbons (Fsp3) is 0.500. The van der Waals surface area contributed by atoms with Crippen molar-refractivity contribution in [1.29, 1.82) is 0 Å². The van der Waals surface area contributed by atoms with E-state index in [0.717, 1.165) is 24.5 Å². The largest absolute Gasteiger partial charge is 0.399 e. The monoisotopic (exact) mass is 208 g/mol. The summed E-state index contributed by atoms with van der Waals surface area (Å²) >= 11 is 0. The highest BCUT2D eigenvalue weighted by molar-refractivity contribution is 5.56. The van der Waals surface area contributed by atoms with E-state index in [1.54, 1.807) is 7.11 Å². The van der Waals surface area contributed by atoms with Gasteiger partial charge >= 0.3 is 0 Å². The molecule has 0 aliphatic rings. The summed E-state index contributed by atoms with van der Waals surface area (Å²) in [6.07, 6.45) is 0. The number of likely N-dealkylation sites (N-methyl/N-ethyl adjacent to an activating group) is 1. The normalized spacial score (nSPS) is 12.5. The molecular formula is C12H20N2O. The lowest BCUT2D eigenvalue weighted by Gasteiger charge is -2.29. The van der Waals surface area contributed by atoms with Gasteiger partial charge in [0.15, 0.2) is 0 Å². The predicted octanol–water partition coefficient (Wildman–Crippen LogP) is 2.13. The third-order valence-electron chi connectivity index (χ3n) is 2.48. The van der Waals surface area contributed by atoms with Crippen molar-refractivity contribution in [2.75, 3.05) is 30.9 Å². The molecule has 0 aliphatic carbocycles. The zero-order valence-electron chi connectivity index (χ0n) is 9.73. The van der Waals surface area contributed by atoms with Gasteiger partial charge in [-0.1, -0.05) is 6.07 Å². The number of ether oxygens (including phenoxy) is 1. The van der Waals surface area contributed by atoms with Crippen molar-refractivity contribution in [3.63, 3.8) is 0 Å². The lowest BCUT2D eigenvalue weighted by atomic mass is 10.2. The highest BCUT2D eigenvalue weighted by atomic mass is 16.5. The SMILES string of the molecule is CCN(c1cccc(N)c1)C(C)COC. The van der Waals surface area contributed by atoms with Crippen LogP contribution in [0.1, 0.15) is 13.8 Å². The Bertz CT molecular complexity index is 301. The number of nitrogens with two attached hydrogens (primary N) is 1. The summed E-state index contributed by atoms with van der Waals surface area (Å²) in [6, 6.07) is 8.31. The van der Waals surface area contributed by atoms with Crippen molar-refractivity contribution < 1.29 is 4.74 Å². The van der Waals surface area contributed by atoms with Gasteiger partial charge in [0.2, 0.25) is 0 Å². The topological polar surface area (TPSA) is 38.5 Å². The first-order valence-corrected chi connectivity index (χ1v) is 5.30. The molecule has 3 nitrogen and oxygen atoms in total. The van der Waals surface area contributed by atoms with Crippen LogP contribution in [0, 0.1) is 0 Å². The van der Waals surface area contributed by atoms with Crippen molar-refractivity contribution in [2.45, 2.75) is 19.9 Å². The third kappa shape index (κ3) is 3.13. The van der Waals surface area contributed by atoms with E-state index in [9.17, 15) is 0 Å². The van der Waals surface area contributed by atoms with Gasteiger partial charge in [-0.05, 0) is 32.0 Å². The minimum atomic E-state index is 0.363. The van der Waals surface area contributed by atoms with Crippen LogP contribution >= 0.6 is 0 Å². The number of rotatable bonds is 5. The molecule has 2 N–H and O–H groups in total. The highest BCUT2D eigenvalue weighted by Gasteiger charge is 2.12. The van der Waals surface area contributed by atoms with E-state index >= 15 is 0 Å². The third-order valence-corrected chi connectivity index (χ3v) is 2.48. The van der Waals surface area contributed by atoms with Gasteiger partial charge in [-0.3, -0.25) is 0 Å². The average molecular weight is 208 g/mol. The number of methoxy groups -OCH3 is 1. The first-order valence-electron chi connectivity index (χ1n) is 5.30. The van der Waals surface area contributed by atoms with Gasteiger partial charge < -0.3 is 15.4 Å². The molecule has 0 aromatic heterocycles. The maximum absolute atomic E-state index is 5.77. The lowest BCUT2D eigenvalue weighted by Crippen LogP contribution is -2.36. The first kappa shape index (κ1) is 11.9. The number of hydrogen-bond donors (Lipinski definition) is 1. The molecule has 0 fully saturated rings. The van der Waals surface area contributed by atoms with Crippen LogP contribution in [-0.4, -0.2) is 26.3 Å². The summed E-state index contributed by atoms with van der Waals surface area (Å²) < 4.78 is 5.17. The molecule has 0 saturated carbocycles. The molecule has 1 unspecified atom stereocenters. The molecule has 1 aromatic carbocycles. The van der Waals surface area contributed by atoms with Crippen molar-refractivity contribution in [3.8, 4) is 0 Å². The minimum Gasteiger partial charge on any atom is -0.399 e. The molecule has 0 spiro atoms. The first-order chi connectivity index (χ1) is 7.19. The Labute approximate surface area is 91.8 Å². The molecule has 0 bridgehead atoms. The molecule has 0 radical (unpaired) electrons.